The van der Waals surface area contributed by atoms with Crippen LogP contribution >= 0.6 is 0 Å². The minimum Gasteiger partial charge on any atom is -0.399 e. The second-order valence-electron chi connectivity index (χ2n) is 5.96. The predicted molar refractivity (Wildman–Crippen MR) is 83.7 cm³/mol. The van der Waals surface area contributed by atoms with E-state index in [0.29, 0.717) is 17.5 Å². The van der Waals surface area contributed by atoms with Crippen molar-refractivity contribution in [2.24, 2.45) is 5.92 Å². The van der Waals surface area contributed by atoms with Crippen molar-refractivity contribution in [3.63, 3.8) is 0 Å². The van der Waals surface area contributed by atoms with Gasteiger partial charge in [0, 0.05) is 17.3 Å². The van der Waals surface area contributed by atoms with Crippen LogP contribution in [0.3, 0.4) is 0 Å². The highest BCUT2D eigenvalue weighted by atomic mass is 16.1. The fraction of sp³-hybridized carbons (Fsp3) is 0.588. The van der Waals surface area contributed by atoms with E-state index in [-0.39, 0.29) is 5.91 Å². The molecule has 1 aliphatic carbocycles. The number of carbonyl (C=O) groups is 1. The standard InChI is InChI=1S/C17H26N2O/c1-3-16(13-7-5-4-6-8-13)19-17(20)14-9-10-15(18)12(2)11-14/h9-11,13,16H,3-8,18H2,1-2H3,(H,19,20). The third-order valence-corrected chi connectivity index (χ3v) is 4.51. The van der Waals surface area contributed by atoms with E-state index < -0.39 is 0 Å². The Balaban J connectivity index is 2.02. The molecule has 20 heavy (non-hydrogen) atoms. The number of nitrogen functional groups attached to an aromatic ring is 1. The van der Waals surface area contributed by atoms with Crippen LogP contribution in [-0.4, -0.2) is 11.9 Å². The van der Waals surface area contributed by atoms with Crippen molar-refractivity contribution < 1.29 is 4.79 Å². The van der Waals surface area contributed by atoms with Gasteiger partial charge in [0.15, 0.2) is 0 Å². The van der Waals surface area contributed by atoms with Gasteiger partial charge in [0.25, 0.3) is 5.91 Å². The van der Waals surface area contributed by atoms with Crippen LogP contribution in [0.1, 0.15) is 61.4 Å². The zero-order valence-corrected chi connectivity index (χ0v) is 12.6. The van der Waals surface area contributed by atoms with Crippen molar-refractivity contribution in [3.05, 3.63) is 29.3 Å². The molecule has 3 nitrogen and oxygen atoms in total. The van der Waals surface area contributed by atoms with E-state index in [9.17, 15) is 4.79 Å². The molecule has 0 saturated heterocycles. The van der Waals surface area contributed by atoms with Crippen molar-refractivity contribution >= 4 is 11.6 Å². The molecule has 0 aliphatic heterocycles. The maximum atomic E-state index is 12.4. The van der Waals surface area contributed by atoms with E-state index >= 15 is 0 Å². The molecule has 0 radical (unpaired) electrons. The molecule has 1 fully saturated rings. The summed E-state index contributed by atoms with van der Waals surface area (Å²) in [7, 11) is 0. The summed E-state index contributed by atoms with van der Waals surface area (Å²) >= 11 is 0. The third-order valence-electron chi connectivity index (χ3n) is 4.51. The largest absolute Gasteiger partial charge is 0.399 e. The molecule has 0 spiro atoms. The summed E-state index contributed by atoms with van der Waals surface area (Å²) in [5.41, 5.74) is 8.21. The van der Waals surface area contributed by atoms with Gasteiger partial charge in [-0.3, -0.25) is 4.79 Å². The van der Waals surface area contributed by atoms with Crippen molar-refractivity contribution in [2.45, 2.75) is 58.4 Å². The quantitative estimate of drug-likeness (QED) is 0.823. The van der Waals surface area contributed by atoms with Crippen LogP contribution in [0.4, 0.5) is 5.69 Å². The number of aryl methyl sites for hydroxylation is 1. The van der Waals surface area contributed by atoms with E-state index in [1.165, 1.54) is 32.1 Å². The Morgan fingerprint density at radius 2 is 2.05 bits per heavy atom. The van der Waals surface area contributed by atoms with Gasteiger partial charge >= 0.3 is 0 Å². The SMILES string of the molecule is CCC(NC(=O)c1ccc(N)c(C)c1)C1CCCCC1. The van der Waals surface area contributed by atoms with Gasteiger partial charge in [-0.05, 0) is 55.9 Å². The van der Waals surface area contributed by atoms with Crippen LogP contribution in [0.25, 0.3) is 0 Å². The van der Waals surface area contributed by atoms with Crippen LogP contribution in [0.2, 0.25) is 0 Å². The molecular weight excluding hydrogens is 248 g/mol. The zero-order chi connectivity index (χ0) is 14.5. The lowest BCUT2D eigenvalue weighted by Gasteiger charge is -2.30. The Bertz CT molecular complexity index is 464. The zero-order valence-electron chi connectivity index (χ0n) is 12.6. The van der Waals surface area contributed by atoms with Gasteiger partial charge < -0.3 is 11.1 Å². The van der Waals surface area contributed by atoms with E-state index in [1.807, 2.05) is 25.1 Å². The van der Waals surface area contributed by atoms with Crippen LogP contribution in [0.5, 0.6) is 0 Å². The van der Waals surface area contributed by atoms with E-state index in [2.05, 4.69) is 12.2 Å². The number of carbonyl (C=O) groups excluding carboxylic acids is 1. The highest BCUT2D eigenvalue weighted by Gasteiger charge is 2.24. The monoisotopic (exact) mass is 274 g/mol. The first-order chi connectivity index (χ1) is 9.61. The number of hydrogen-bond donors (Lipinski definition) is 2. The first-order valence-corrected chi connectivity index (χ1v) is 7.78. The molecule has 1 unspecified atom stereocenters. The number of nitrogens with two attached hydrogens (primary N) is 1. The van der Waals surface area contributed by atoms with Crippen molar-refractivity contribution in [1.82, 2.24) is 5.32 Å². The van der Waals surface area contributed by atoms with Crippen LogP contribution in [0, 0.1) is 12.8 Å². The molecule has 1 aliphatic rings. The van der Waals surface area contributed by atoms with Gasteiger partial charge in [-0.2, -0.15) is 0 Å². The second-order valence-corrected chi connectivity index (χ2v) is 5.96. The summed E-state index contributed by atoms with van der Waals surface area (Å²) in [6, 6.07) is 5.80. The fourth-order valence-electron chi connectivity index (χ4n) is 3.16. The average Bonchev–Trinajstić information content (AvgIpc) is 2.48. The lowest BCUT2D eigenvalue weighted by Crippen LogP contribution is -2.40. The molecule has 1 aromatic carbocycles. The van der Waals surface area contributed by atoms with Crippen molar-refractivity contribution in [3.8, 4) is 0 Å². The topological polar surface area (TPSA) is 55.1 Å². The van der Waals surface area contributed by atoms with E-state index in [0.717, 1.165) is 17.7 Å². The Morgan fingerprint density at radius 3 is 2.65 bits per heavy atom. The van der Waals surface area contributed by atoms with Gasteiger partial charge in [0.2, 0.25) is 0 Å². The van der Waals surface area contributed by atoms with Crippen molar-refractivity contribution in [1.29, 1.82) is 0 Å². The van der Waals surface area contributed by atoms with Gasteiger partial charge in [-0.15, -0.1) is 0 Å². The molecule has 3 heteroatoms. The number of rotatable bonds is 4. The Labute approximate surface area is 121 Å². The Hall–Kier alpha value is -1.51. The number of anilines is 1. The summed E-state index contributed by atoms with van der Waals surface area (Å²) in [4.78, 5) is 12.4. The molecule has 1 aromatic rings. The number of amides is 1. The molecule has 0 heterocycles. The van der Waals surface area contributed by atoms with E-state index in [1.54, 1.807) is 0 Å². The van der Waals surface area contributed by atoms with Crippen LogP contribution in [0.15, 0.2) is 18.2 Å². The molecule has 0 bridgehead atoms. The van der Waals surface area contributed by atoms with Gasteiger partial charge in [-0.1, -0.05) is 26.2 Å². The summed E-state index contributed by atoms with van der Waals surface area (Å²) in [5.74, 6) is 0.679. The smallest absolute Gasteiger partial charge is 0.251 e. The second kappa shape index (κ2) is 6.78. The molecule has 0 aromatic heterocycles. The van der Waals surface area contributed by atoms with Crippen molar-refractivity contribution in [2.75, 3.05) is 5.73 Å². The molecule has 1 amide bonds. The average molecular weight is 274 g/mol. The molecule has 3 N–H and O–H groups in total. The van der Waals surface area contributed by atoms with E-state index in [4.69, 9.17) is 5.73 Å². The minimum atomic E-state index is 0.0329. The van der Waals surface area contributed by atoms with Gasteiger partial charge in [-0.25, -0.2) is 0 Å². The normalized spacial score (nSPS) is 17.7. The maximum Gasteiger partial charge on any atom is 0.251 e. The fourth-order valence-corrected chi connectivity index (χ4v) is 3.16. The summed E-state index contributed by atoms with van der Waals surface area (Å²) < 4.78 is 0. The predicted octanol–water partition coefficient (Wildman–Crippen LogP) is 3.67. The minimum absolute atomic E-state index is 0.0329. The maximum absolute atomic E-state index is 12.4. The van der Waals surface area contributed by atoms with Gasteiger partial charge in [0.05, 0.1) is 0 Å². The number of benzene rings is 1. The van der Waals surface area contributed by atoms with Crippen LogP contribution in [-0.2, 0) is 0 Å². The van der Waals surface area contributed by atoms with Crippen LogP contribution < -0.4 is 11.1 Å². The first kappa shape index (κ1) is 14.9. The highest BCUT2D eigenvalue weighted by molar-refractivity contribution is 5.95. The lowest BCUT2D eigenvalue weighted by atomic mass is 9.83. The molecule has 1 atom stereocenters. The Kier molecular flexibility index (Phi) is 5.05. The molecule has 110 valence electrons. The molecule has 2 rings (SSSR count). The first-order valence-electron chi connectivity index (χ1n) is 7.78. The Morgan fingerprint density at radius 1 is 1.35 bits per heavy atom. The lowest BCUT2D eigenvalue weighted by molar-refractivity contribution is 0.0911. The number of nitrogens with one attached hydrogen (secondary N) is 1. The number of hydrogen-bond acceptors (Lipinski definition) is 2. The highest BCUT2D eigenvalue weighted by Crippen LogP contribution is 2.28. The molecule has 1 saturated carbocycles. The van der Waals surface area contributed by atoms with Gasteiger partial charge in [0.1, 0.15) is 0 Å². The summed E-state index contributed by atoms with van der Waals surface area (Å²) in [6.45, 7) is 4.10. The molecular formula is C17H26N2O. The third kappa shape index (κ3) is 3.53. The summed E-state index contributed by atoms with van der Waals surface area (Å²) in [5, 5.41) is 3.22. The summed E-state index contributed by atoms with van der Waals surface area (Å²) in [6.07, 6.45) is 7.46.